The molecule has 114 valence electrons. The van der Waals surface area contributed by atoms with Gasteiger partial charge in [-0.1, -0.05) is 31.2 Å². The second-order valence-electron chi connectivity index (χ2n) is 4.93. The number of aryl methyl sites for hydroxylation is 1. The molecule has 0 aliphatic rings. The van der Waals surface area contributed by atoms with Gasteiger partial charge in [-0.3, -0.25) is 0 Å². The molecule has 2 aromatic rings. The zero-order valence-corrected chi connectivity index (χ0v) is 12.2. The fraction of sp³-hybridized carbons (Fsp3) is 0.176. The van der Waals surface area contributed by atoms with Crippen LogP contribution in [0.4, 0.5) is 5.69 Å². The predicted octanol–water partition coefficient (Wildman–Crippen LogP) is 3.26. The minimum absolute atomic E-state index is 0.0521. The minimum atomic E-state index is -1.15. The van der Waals surface area contributed by atoms with Gasteiger partial charge in [0, 0.05) is 12.2 Å². The monoisotopic (exact) mass is 299 g/mol. The van der Waals surface area contributed by atoms with Crippen LogP contribution in [0.15, 0.2) is 42.5 Å². The van der Waals surface area contributed by atoms with E-state index >= 15 is 0 Å². The standard InChI is InChI=1S/C17H17NO4/c1-2-11-3-5-12(6-4-11)10-18-15-8-13(16(19)20)7-14(9-15)17(21)22/h3-9,18H,2,10H2,1H3,(H,19,20)(H,21,22). The van der Waals surface area contributed by atoms with Crippen molar-refractivity contribution in [2.75, 3.05) is 5.32 Å². The molecule has 0 heterocycles. The van der Waals surface area contributed by atoms with Gasteiger partial charge in [-0.15, -0.1) is 0 Å². The van der Waals surface area contributed by atoms with Crippen LogP contribution in [0.3, 0.4) is 0 Å². The second-order valence-corrected chi connectivity index (χ2v) is 4.93. The summed E-state index contributed by atoms with van der Waals surface area (Å²) in [5.41, 5.74) is 2.64. The summed E-state index contributed by atoms with van der Waals surface area (Å²) in [6.07, 6.45) is 0.969. The Hall–Kier alpha value is -2.82. The molecule has 5 nitrogen and oxygen atoms in total. The third-order valence-electron chi connectivity index (χ3n) is 3.35. The van der Waals surface area contributed by atoms with Crippen LogP contribution in [-0.2, 0) is 13.0 Å². The van der Waals surface area contributed by atoms with Crippen LogP contribution in [0.25, 0.3) is 0 Å². The predicted molar refractivity (Wildman–Crippen MR) is 83.5 cm³/mol. The number of nitrogens with one attached hydrogen (secondary N) is 1. The van der Waals surface area contributed by atoms with E-state index in [-0.39, 0.29) is 11.1 Å². The number of anilines is 1. The molecule has 0 aliphatic heterocycles. The lowest BCUT2D eigenvalue weighted by Crippen LogP contribution is -2.06. The molecular formula is C17H17NO4. The van der Waals surface area contributed by atoms with Crippen molar-refractivity contribution in [2.45, 2.75) is 19.9 Å². The van der Waals surface area contributed by atoms with Crippen LogP contribution in [0.5, 0.6) is 0 Å². The van der Waals surface area contributed by atoms with Crippen LogP contribution < -0.4 is 5.32 Å². The maximum absolute atomic E-state index is 11.1. The van der Waals surface area contributed by atoms with Crippen LogP contribution in [-0.4, -0.2) is 22.2 Å². The van der Waals surface area contributed by atoms with Gasteiger partial charge in [-0.2, -0.15) is 0 Å². The number of carboxylic acid groups (broad SMARTS) is 2. The zero-order valence-electron chi connectivity index (χ0n) is 12.2. The molecule has 0 radical (unpaired) electrons. The van der Waals surface area contributed by atoms with E-state index in [0.29, 0.717) is 12.2 Å². The van der Waals surface area contributed by atoms with Gasteiger partial charge >= 0.3 is 11.9 Å². The number of carboxylic acids is 2. The quantitative estimate of drug-likeness (QED) is 0.762. The number of aromatic carboxylic acids is 2. The highest BCUT2D eigenvalue weighted by Crippen LogP contribution is 2.17. The average Bonchev–Trinajstić information content (AvgIpc) is 2.53. The van der Waals surface area contributed by atoms with E-state index in [9.17, 15) is 9.59 Å². The summed E-state index contributed by atoms with van der Waals surface area (Å²) in [5.74, 6) is -2.31. The van der Waals surface area contributed by atoms with Crippen LogP contribution >= 0.6 is 0 Å². The Morgan fingerprint density at radius 3 is 1.86 bits per heavy atom. The lowest BCUT2D eigenvalue weighted by molar-refractivity contribution is 0.0696. The third-order valence-corrected chi connectivity index (χ3v) is 3.35. The molecule has 0 atom stereocenters. The van der Waals surface area contributed by atoms with Gasteiger partial charge in [-0.05, 0) is 35.7 Å². The molecule has 0 amide bonds. The Labute approximate surface area is 128 Å². The molecule has 0 spiro atoms. The molecule has 5 heteroatoms. The summed E-state index contributed by atoms with van der Waals surface area (Å²) >= 11 is 0. The molecule has 0 bridgehead atoms. The highest BCUT2D eigenvalue weighted by molar-refractivity contribution is 5.95. The molecule has 2 rings (SSSR count). The van der Waals surface area contributed by atoms with Crippen LogP contribution in [0.2, 0.25) is 0 Å². The smallest absolute Gasteiger partial charge is 0.335 e. The number of hydrogen-bond acceptors (Lipinski definition) is 3. The van der Waals surface area contributed by atoms with Crippen molar-refractivity contribution in [1.82, 2.24) is 0 Å². The Morgan fingerprint density at radius 2 is 1.41 bits per heavy atom. The molecule has 0 aliphatic carbocycles. The fourth-order valence-electron chi connectivity index (χ4n) is 2.07. The lowest BCUT2D eigenvalue weighted by atomic mass is 10.1. The molecule has 0 aromatic heterocycles. The molecule has 2 aromatic carbocycles. The van der Waals surface area contributed by atoms with E-state index in [1.807, 2.05) is 24.3 Å². The highest BCUT2D eigenvalue weighted by Gasteiger charge is 2.11. The third kappa shape index (κ3) is 3.85. The van der Waals surface area contributed by atoms with Gasteiger partial charge in [0.1, 0.15) is 0 Å². The molecule has 22 heavy (non-hydrogen) atoms. The minimum Gasteiger partial charge on any atom is -0.478 e. The summed E-state index contributed by atoms with van der Waals surface area (Å²) in [5, 5.41) is 21.1. The van der Waals surface area contributed by atoms with Crippen molar-refractivity contribution in [2.24, 2.45) is 0 Å². The first-order valence-electron chi connectivity index (χ1n) is 6.93. The molecule has 0 saturated carbocycles. The number of rotatable bonds is 6. The first kappa shape index (κ1) is 15.6. The Balaban J connectivity index is 2.17. The fourth-order valence-corrected chi connectivity index (χ4v) is 2.07. The van der Waals surface area contributed by atoms with Crippen molar-refractivity contribution in [3.63, 3.8) is 0 Å². The molecule has 0 fully saturated rings. The number of hydrogen-bond donors (Lipinski definition) is 3. The summed E-state index contributed by atoms with van der Waals surface area (Å²) in [7, 11) is 0. The van der Waals surface area contributed by atoms with E-state index in [2.05, 4.69) is 12.2 Å². The summed E-state index contributed by atoms with van der Waals surface area (Å²) in [6.45, 7) is 2.57. The first-order valence-corrected chi connectivity index (χ1v) is 6.93. The summed E-state index contributed by atoms with van der Waals surface area (Å²) in [6, 6.07) is 12.0. The second kappa shape index (κ2) is 6.76. The maximum Gasteiger partial charge on any atom is 0.335 e. The van der Waals surface area contributed by atoms with E-state index in [4.69, 9.17) is 10.2 Å². The van der Waals surface area contributed by atoms with Gasteiger partial charge in [0.25, 0.3) is 0 Å². The van der Waals surface area contributed by atoms with Crippen molar-refractivity contribution in [3.05, 3.63) is 64.7 Å². The van der Waals surface area contributed by atoms with Gasteiger partial charge in [0.15, 0.2) is 0 Å². The number of carbonyl (C=O) groups is 2. The van der Waals surface area contributed by atoms with E-state index in [0.717, 1.165) is 18.1 Å². The molecule has 3 N–H and O–H groups in total. The van der Waals surface area contributed by atoms with E-state index < -0.39 is 11.9 Å². The molecule has 0 saturated heterocycles. The van der Waals surface area contributed by atoms with E-state index in [1.54, 1.807) is 0 Å². The maximum atomic E-state index is 11.1. The largest absolute Gasteiger partial charge is 0.478 e. The lowest BCUT2D eigenvalue weighted by Gasteiger charge is -2.09. The van der Waals surface area contributed by atoms with Gasteiger partial charge in [0.05, 0.1) is 11.1 Å². The average molecular weight is 299 g/mol. The van der Waals surface area contributed by atoms with Gasteiger partial charge in [0.2, 0.25) is 0 Å². The normalized spacial score (nSPS) is 10.2. The Bertz CT molecular complexity index is 660. The van der Waals surface area contributed by atoms with Gasteiger partial charge in [-0.25, -0.2) is 9.59 Å². The first-order chi connectivity index (χ1) is 10.5. The summed E-state index contributed by atoms with van der Waals surface area (Å²) < 4.78 is 0. The van der Waals surface area contributed by atoms with Crippen molar-refractivity contribution < 1.29 is 19.8 Å². The van der Waals surface area contributed by atoms with Gasteiger partial charge < -0.3 is 15.5 Å². The SMILES string of the molecule is CCc1ccc(CNc2cc(C(=O)O)cc(C(=O)O)c2)cc1. The zero-order chi connectivity index (χ0) is 16.1. The summed E-state index contributed by atoms with van der Waals surface area (Å²) in [4.78, 5) is 22.1. The van der Waals surface area contributed by atoms with E-state index in [1.165, 1.54) is 17.7 Å². The highest BCUT2D eigenvalue weighted by atomic mass is 16.4. The van der Waals surface area contributed by atoms with Crippen LogP contribution in [0, 0.1) is 0 Å². The Kier molecular flexibility index (Phi) is 4.78. The molecule has 0 unspecified atom stereocenters. The number of benzene rings is 2. The van der Waals surface area contributed by atoms with Crippen LogP contribution in [0.1, 0.15) is 38.8 Å². The van der Waals surface area contributed by atoms with Crippen molar-refractivity contribution in [3.8, 4) is 0 Å². The van der Waals surface area contributed by atoms with Crippen molar-refractivity contribution in [1.29, 1.82) is 0 Å². The van der Waals surface area contributed by atoms with Crippen molar-refractivity contribution >= 4 is 17.6 Å². The topological polar surface area (TPSA) is 86.6 Å². The molecular weight excluding hydrogens is 282 g/mol. The Morgan fingerprint density at radius 1 is 0.909 bits per heavy atom.